The number of benzene rings is 2. The Labute approximate surface area is 153 Å². The van der Waals surface area contributed by atoms with Gasteiger partial charge in [0, 0.05) is 19.6 Å². The van der Waals surface area contributed by atoms with Crippen LogP contribution in [0.2, 0.25) is 0 Å². The average molecular weight is 348 g/mol. The van der Waals surface area contributed by atoms with Gasteiger partial charge in [-0.15, -0.1) is 0 Å². The fourth-order valence-electron chi connectivity index (χ4n) is 3.51. The van der Waals surface area contributed by atoms with Gasteiger partial charge in [0.25, 0.3) is 0 Å². The van der Waals surface area contributed by atoms with E-state index in [1.54, 1.807) is 0 Å². The number of para-hydroxylation sites is 2. The van der Waals surface area contributed by atoms with Gasteiger partial charge in [-0.25, -0.2) is 4.98 Å². The molecule has 1 aromatic heterocycles. The van der Waals surface area contributed by atoms with E-state index >= 15 is 0 Å². The van der Waals surface area contributed by atoms with Gasteiger partial charge in [-0.3, -0.25) is 4.79 Å². The first-order valence-electron chi connectivity index (χ1n) is 9.22. The second-order valence-corrected chi connectivity index (χ2v) is 7.07. The Balaban J connectivity index is 1.39. The van der Waals surface area contributed by atoms with E-state index in [0.29, 0.717) is 13.1 Å². The van der Waals surface area contributed by atoms with Gasteiger partial charge >= 0.3 is 0 Å². The monoisotopic (exact) mass is 348 g/mol. The third-order valence-electron chi connectivity index (χ3n) is 5.06. The zero-order chi connectivity index (χ0) is 17.9. The quantitative estimate of drug-likeness (QED) is 0.760. The number of aromatic nitrogens is 2. The third-order valence-corrected chi connectivity index (χ3v) is 5.06. The van der Waals surface area contributed by atoms with E-state index in [1.807, 2.05) is 24.3 Å². The topological polar surface area (TPSA) is 61.0 Å². The van der Waals surface area contributed by atoms with Gasteiger partial charge in [0.15, 0.2) is 0 Å². The van der Waals surface area contributed by atoms with Crippen molar-refractivity contribution in [2.75, 3.05) is 18.0 Å². The van der Waals surface area contributed by atoms with Crippen LogP contribution < -0.4 is 10.2 Å². The van der Waals surface area contributed by atoms with Gasteiger partial charge in [-0.2, -0.15) is 0 Å². The van der Waals surface area contributed by atoms with Crippen molar-refractivity contribution >= 4 is 22.9 Å². The van der Waals surface area contributed by atoms with Crippen LogP contribution in [0.25, 0.3) is 11.0 Å². The maximum absolute atomic E-state index is 12.6. The molecule has 0 saturated carbocycles. The SMILES string of the molecule is Cc1ccc(CNC(=O)[C@H]2CCCN(c3nc4ccccc4[nH]3)C2)cc1. The van der Waals surface area contributed by atoms with Crippen molar-refractivity contribution in [1.82, 2.24) is 15.3 Å². The molecule has 134 valence electrons. The number of piperidine rings is 1. The van der Waals surface area contributed by atoms with Crippen LogP contribution in [0.3, 0.4) is 0 Å². The molecule has 3 aromatic rings. The summed E-state index contributed by atoms with van der Waals surface area (Å²) in [6.45, 7) is 4.29. The number of amides is 1. The molecule has 0 unspecified atom stereocenters. The number of rotatable bonds is 4. The number of carbonyl (C=O) groups is 1. The maximum Gasteiger partial charge on any atom is 0.225 e. The molecule has 1 aliphatic rings. The first kappa shape index (κ1) is 16.6. The summed E-state index contributed by atoms with van der Waals surface area (Å²) in [4.78, 5) is 22.9. The number of nitrogens with one attached hydrogen (secondary N) is 2. The molecule has 26 heavy (non-hydrogen) atoms. The first-order valence-corrected chi connectivity index (χ1v) is 9.22. The number of carbonyl (C=O) groups excluding carboxylic acids is 1. The van der Waals surface area contributed by atoms with Gasteiger partial charge in [0.1, 0.15) is 0 Å². The average Bonchev–Trinajstić information content (AvgIpc) is 3.12. The summed E-state index contributed by atoms with van der Waals surface area (Å²) in [7, 11) is 0. The highest BCUT2D eigenvalue weighted by molar-refractivity contribution is 5.80. The predicted octanol–water partition coefficient (Wildman–Crippen LogP) is 3.40. The van der Waals surface area contributed by atoms with E-state index in [-0.39, 0.29) is 11.8 Å². The Bertz CT molecular complexity index is 867. The summed E-state index contributed by atoms with van der Waals surface area (Å²) in [5.41, 5.74) is 4.37. The number of nitrogens with zero attached hydrogens (tertiary/aromatic N) is 2. The standard InChI is InChI=1S/C21H24N4O/c1-15-8-10-16(11-9-15)13-22-20(26)17-5-4-12-25(14-17)21-23-18-6-2-3-7-19(18)24-21/h2-3,6-11,17H,4-5,12-14H2,1H3,(H,22,26)(H,23,24)/t17-/m0/s1. The molecule has 1 amide bonds. The van der Waals surface area contributed by atoms with E-state index in [2.05, 4.69) is 51.4 Å². The number of aryl methyl sites for hydroxylation is 1. The molecule has 2 N–H and O–H groups in total. The van der Waals surface area contributed by atoms with Crippen molar-refractivity contribution in [3.8, 4) is 0 Å². The van der Waals surface area contributed by atoms with Crippen LogP contribution in [0.1, 0.15) is 24.0 Å². The van der Waals surface area contributed by atoms with Crippen LogP contribution in [0.5, 0.6) is 0 Å². The van der Waals surface area contributed by atoms with Crippen molar-refractivity contribution in [1.29, 1.82) is 0 Å². The fraction of sp³-hybridized carbons (Fsp3) is 0.333. The molecular formula is C21H24N4O. The summed E-state index contributed by atoms with van der Waals surface area (Å²) < 4.78 is 0. The predicted molar refractivity (Wildman–Crippen MR) is 104 cm³/mol. The Morgan fingerprint density at radius 3 is 2.85 bits per heavy atom. The number of anilines is 1. The Morgan fingerprint density at radius 2 is 2.04 bits per heavy atom. The van der Waals surface area contributed by atoms with Crippen LogP contribution in [0, 0.1) is 12.8 Å². The third kappa shape index (κ3) is 3.57. The minimum Gasteiger partial charge on any atom is -0.352 e. The van der Waals surface area contributed by atoms with Crippen molar-refractivity contribution in [3.63, 3.8) is 0 Å². The maximum atomic E-state index is 12.6. The van der Waals surface area contributed by atoms with Crippen LogP contribution in [0.4, 0.5) is 5.95 Å². The van der Waals surface area contributed by atoms with Crippen molar-refractivity contribution in [2.24, 2.45) is 5.92 Å². The first-order chi connectivity index (χ1) is 12.7. The molecule has 0 radical (unpaired) electrons. The van der Waals surface area contributed by atoms with Crippen LogP contribution >= 0.6 is 0 Å². The molecule has 1 saturated heterocycles. The van der Waals surface area contributed by atoms with Gasteiger partial charge < -0.3 is 15.2 Å². The van der Waals surface area contributed by atoms with E-state index in [1.165, 1.54) is 5.56 Å². The number of H-pyrrole nitrogens is 1. The minimum absolute atomic E-state index is 0.00223. The molecule has 0 bridgehead atoms. The molecule has 5 nitrogen and oxygen atoms in total. The highest BCUT2D eigenvalue weighted by Gasteiger charge is 2.27. The van der Waals surface area contributed by atoms with Gasteiger partial charge in [-0.05, 0) is 37.5 Å². The smallest absolute Gasteiger partial charge is 0.225 e. The highest BCUT2D eigenvalue weighted by atomic mass is 16.1. The second-order valence-electron chi connectivity index (χ2n) is 7.07. The number of hydrogen-bond acceptors (Lipinski definition) is 3. The van der Waals surface area contributed by atoms with Crippen molar-refractivity contribution in [2.45, 2.75) is 26.3 Å². The molecule has 2 aromatic carbocycles. The Hall–Kier alpha value is -2.82. The summed E-state index contributed by atoms with van der Waals surface area (Å²) in [5, 5.41) is 3.09. The zero-order valence-electron chi connectivity index (χ0n) is 15.0. The second kappa shape index (κ2) is 7.20. The number of fused-ring (bicyclic) bond motifs is 1. The van der Waals surface area contributed by atoms with Crippen LogP contribution in [0.15, 0.2) is 48.5 Å². The Kier molecular flexibility index (Phi) is 4.61. The molecular weight excluding hydrogens is 324 g/mol. The normalized spacial score (nSPS) is 17.4. The minimum atomic E-state index is 0.00223. The van der Waals surface area contributed by atoms with E-state index < -0.39 is 0 Å². The molecule has 1 aliphatic heterocycles. The summed E-state index contributed by atoms with van der Waals surface area (Å²) in [6, 6.07) is 16.3. The molecule has 1 atom stereocenters. The van der Waals surface area contributed by atoms with Gasteiger partial charge in [0.2, 0.25) is 11.9 Å². The van der Waals surface area contributed by atoms with Crippen molar-refractivity contribution < 1.29 is 4.79 Å². The molecule has 0 spiro atoms. The van der Waals surface area contributed by atoms with E-state index in [9.17, 15) is 4.79 Å². The zero-order valence-corrected chi connectivity index (χ0v) is 15.0. The largest absolute Gasteiger partial charge is 0.352 e. The lowest BCUT2D eigenvalue weighted by Crippen LogP contribution is -2.43. The van der Waals surface area contributed by atoms with E-state index in [4.69, 9.17) is 0 Å². The number of hydrogen-bond donors (Lipinski definition) is 2. The van der Waals surface area contributed by atoms with Crippen molar-refractivity contribution in [3.05, 3.63) is 59.7 Å². The molecule has 4 rings (SSSR count). The van der Waals surface area contributed by atoms with Gasteiger partial charge in [-0.1, -0.05) is 42.0 Å². The lowest BCUT2D eigenvalue weighted by atomic mass is 9.97. The summed E-state index contributed by atoms with van der Waals surface area (Å²) >= 11 is 0. The number of imidazole rings is 1. The molecule has 5 heteroatoms. The summed E-state index contributed by atoms with van der Waals surface area (Å²) in [6.07, 6.45) is 1.93. The summed E-state index contributed by atoms with van der Waals surface area (Å²) in [5.74, 6) is 0.996. The molecule has 0 aliphatic carbocycles. The highest BCUT2D eigenvalue weighted by Crippen LogP contribution is 2.23. The molecule has 1 fully saturated rings. The number of aromatic amines is 1. The molecule has 2 heterocycles. The van der Waals surface area contributed by atoms with Crippen LogP contribution in [-0.4, -0.2) is 29.0 Å². The lowest BCUT2D eigenvalue weighted by Gasteiger charge is -2.31. The van der Waals surface area contributed by atoms with E-state index in [0.717, 1.165) is 41.9 Å². The Morgan fingerprint density at radius 1 is 1.23 bits per heavy atom. The van der Waals surface area contributed by atoms with Gasteiger partial charge in [0.05, 0.1) is 17.0 Å². The fourth-order valence-corrected chi connectivity index (χ4v) is 3.51. The lowest BCUT2D eigenvalue weighted by molar-refractivity contribution is -0.125. The van der Waals surface area contributed by atoms with Crippen LogP contribution in [-0.2, 0) is 11.3 Å².